The number of halogens is 1. The molecule has 0 aromatic heterocycles. The molecule has 0 N–H and O–H groups in total. The molecule has 25 heavy (non-hydrogen) atoms. The SMILES string of the molecule is CC(OC(=O)C1=Cc2cc(Cl)ccc2OC1)C(=O)N1CCCCCC1. The van der Waals surface area contributed by atoms with Crippen molar-refractivity contribution in [2.45, 2.75) is 38.7 Å². The number of benzene rings is 1. The summed E-state index contributed by atoms with van der Waals surface area (Å²) in [6.45, 7) is 3.22. The molecule has 0 aliphatic carbocycles. The van der Waals surface area contributed by atoms with Crippen molar-refractivity contribution in [2.75, 3.05) is 19.7 Å². The monoisotopic (exact) mass is 363 g/mol. The zero-order valence-electron chi connectivity index (χ0n) is 14.3. The molecular formula is C19H22ClNO4. The molecular weight excluding hydrogens is 342 g/mol. The molecule has 1 amide bonds. The number of likely N-dealkylation sites (tertiary alicyclic amines) is 1. The molecule has 2 aliphatic heterocycles. The van der Waals surface area contributed by atoms with Gasteiger partial charge < -0.3 is 14.4 Å². The van der Waals surface area contributed by atoms with Crippen LogP contribution >= 0.6 is 11.6 Å². The Bertz CT molecular complexity index is 693. The maximum absolute atomic E-state index is 12.5. The van der Waals surface area contributed by atoms with Crippen molar-refractivity contribution in [2.24, 2.45) is 0 Å². The number of esters is 1. The van der Waals surface area contributed by atoms with Crippen LogP contribution in [0.4, 0.5) is 0 Å². The third kappa shape index (κ3) is 4.34. The summed E-state index contributed by atoms with van der Waals surface area (Å²) in [4.78, 5) is 26.7. The molecule has 1 saturated heterocycles. The van der Waals surface area contributed by atoms with Crippen LogP contribution in [0.2, 0.25) is 5.02 Å². The molecule has 1 atom stereocenters. The fraction of sp³-hybridized carbons (Fsp3) is 0.474. The summed E-state index contributed by atoms with van der Waals surface area (Å²) in [6, 6.07) is 5.23. The van der Waals surface area contributed by atoms with E-state index in [0.29, 0.717) is 16.3 Å². The molecule has 6 heteroatoms. The molecule has 1 fully saturated rings. The fourth-order valence-electron chi connectivity index (χ4n) is 3.10. The summed E-state index contributed by atoms with van der Waals surface area (Å²) in [5, 5.41) is 0.568. The van der Waals surface area contributed by atoms with Crippen molar-refractivity contribution >= 4 is 29.6 Å². The Labute approximate surface area is 152 Å². The normalized spacial score (nSPS) is 18.3. The first kappa shape index (κ1) is 17.8. The smallest absolute Gasteiger partial charge is 0.338 e. The minimum Gasteiger partial charge on any atom is -0.488 e. The van der Waals surface area contributed by atoms with E-state index in [1.165, 1.54) is 0 Å². The van der Waals surface area contributed by atoms with Crippen molar-refractivity contribution in [1.82, 2.24) is 4.90 Å². The van der Waals surface area contributed by atoms with Crippen molar-refractivity contribution in [3.63, 3.8) is 0 Å². The van der Waals surface area contributed by atoms with E-state index in [2.05, 4.69) is 0 Å². The zero-order valence-corrected chi connectivity index (χ0v) is 15.1. The number of hydrogen-bond acceptors (Lipinski definition) is 4. The Morgan fingerprint density at radius 2 is 1.92 bits per heavy atom. The highest BCUT2D eigenvalue weighted by molar-refractivity contribution is 6.30. The number of carbonyl (C=O) groups excluding carboxylic acids is 2. The first-order valence-electron chi connectivity index (χ1n) is 8.67. The van der Waals surface area contributed by atoms with Crippen LogP contribution in [0.1, 0.15) is 38.2 Å². The zero-order chi connectivity index (χ0) is 17.8. The third-order valence-electron chi connectivity index (χ3n) is 4.50. The van der Waals surface area contributed by atoms with Gasteiger partial charge in [0.15, 0.2) is 6.10 Å². The highest BCUT2D eigenvalue weighted by Gasteiger charge is 2.27. The Morgan fingerprint density at radius 1 is 1.20 bits per heavy atom. The van der Waals surface area contributed by atoms with Gasteiger partial charge in [0.1, 0.15) is 12.4 Å². The average Bonchev–Trinajstić information content (AvgIpc) is 2.89. The predicted octanol–water partition coefficient (Wildman–Crippen LogP) is 3.45. The van der Waals surface area contributed by atoms with Gasteiger partial charge in [0.2, 0.25) is 0 Å². The second-order valence-electron chi connectivity index (χ2n) is 6.43. The van der Waals surface area contributed by atoms with Crippen LogP contribution in [0.5, 0.6) is 5.75 Å². The number of fused-ring (bicyclic) bond motifs is 1. The molecule has 1 aromatic carbocycles. The van der Waals surface area contributed by atoms with Crippen LogP contribution in [-0.2, 0) is 14.3 Å². The van der Waals surface area contributed by atoms with Crippen LogP contribution < -0.4 is 4.74 Å². The topological polar surface area (TPSA) is 55.8 Å². The van der Waals surface area contributed by atoms with Gasteiger partial charge in [0, 0.05) is 23.7 Å². The van der Waals surface area contributed by atoms with Gasteiger partial charge in [0.05, 0.1) is 5.57 Å². The number of ether oxygens (including phenoxy) is 2. The second kappa shape index (κ2) is 7.91. The van der Waals surface area contributed by atoms with Gasteiger partial charge in [0.25, 0.3) is 5.91 Å². The van der Waals surface area contributed by atoms with Crippen LogP contribution in [0.25, 0.3) is 6.08 Å². The largest absolute Gasteiger partial charge is 0.488 e. The quantitative estimate of drug-likeness (QED) is 0.772. The molecule has 0 spiro atoms. The summed E-state index contributed by atoms with van der Waals surface area (Å²) in [5.74, 6) is 0.0203. The minimum absolute atomic E-state index is 0.123. The number of rotatable bonds is 3. The lowest BCUT2D eigenvalue weighted by Crippen LogP contribution is -2.40. The van der Waals surface area contributed by atoms with Crippen LogP contribution in [0.15, 0.2) is 23.8 Å². The van der Waals surface area contributed by atoms with Gasteiger partial charge in [-0.15, -0.1) is 0 Å². The Kier molecular flexibility index (Phi) is 5.63. The molecule has 5 nitrogen and oxygen atoms in total. The Hall–Kier alpha value is -2.01. The molecule has 0 radical (unpaired) electrons. The van der Waals surface area contributed by atoms with E-state index in [1.807, 2.05) is 0 Å². The lowest BCUT2D eigenvalue weighted by Gasteiger charge is -2.24. The molecule has 1 aromatic rings. The maximum atomic E-state index is 12.5. The minimum atomic E-state index is -0.799. The van der Waals surface area contributed by atoms with Gasteiger partial charge in [-0.1, -0.05) is 24.4 Å². The molecule has 2 aliphatic rings. The van der Waals surface area contributed by atoms with Crippen LogP contribution in [0.3, 0.4) is 0 Å². The molecule has 0 saturated carbocycles. The van der Waals surface area contributed by atoms with Gasteiger partial charge in [-0.3, -0.25) is 4.79 Å². The summed E-state index contributed by atoms with van der Waals surface area (Å²) in [7, 11) is 0. The van der Waals surface area contributed by atoms with E-state index in [1.54, 1.807) is 36.1 Å². The van der Waals surface area contributed by atoms with Crippen LogP contribution in [0, 0.1) is 0 Å². The first-order chi connectivity index (χ1) is 12.0. The van der Waals surface area contributed by atoms with Crippen molar-refractivity contribution in [3.05, 3.63) is 34.4 Å². The fourth-order valence-corrected chi connectivity index (χ4v) is 3.28. The summed E-state index contributed by atoms with van der Waals surface area (Å²) < 4.78 is 10.9. The summed E-state index contributed by atoms with van der Waals surface area (Å²) in [5.41, 5.74) is 1.11. The van der Waals surface area contributed by atoms with Crippen molar-refractivity contribution < 1.29 is 19.1 Å². The third-order valence-corrected chi connectivity index (χ3v) is 4.73. The molecule has 3 rings (SSSR count). The number of carbonyl (C=O) groups is 2. The molecule has 134 valence electrons. The van der Waals surface area contributed by atoms with E-state index in [4.69, 9.17) is 21.1 Å². The number of amides is 1. The lowest BCUT2D eigenvalue weighted by molar-refractivity contribution is -0.156. The number of nitrogens with zero attached hydrogens (tertiary/aromatic N) is 1. The maximum Gasteiger partial charge on any atom is 0.338 e. The van der Waals surface area contributed by atoms with Gasteiger partial charge >= 0.3 is 5.97 Å². The Balaban J connectivity index is 1.64. The second-order valence-corrected chi connectivity index (χ2v) is 6.86. The van der Waals surface area contributed by atoms with Crippen molar-refractivity contribution in [3.8, 4) is 5.75 Å². The van der Waals surface area contributed by atoms with E-state index < -0.39 is 12.1 Å². The summed E-state index contributed by atoms with van der Waals surface area (Å²) in [6.07, 6.45) is 5.20. The molecule has 0 bridgehead atoms. The average molecular weight is 364 g/mol. The Morgan fingerprint density at radius 3 is 2.64 bits per heavy atom. The predicted molar refractivity (Wildman–Crippen MR) is 95.5 cm³/mol. The molecule has 2 heterocycles. The van der Waals surface area contributed by atoms with E-state index in [-0.39, 0.29) is 12.5 Å². The standard InChI is InChI=1S/C19H22ClNO4/c1-13(18(22)21-8-4-2-3-5-9-21)25-19(23)15-10-14-11-16(20)6-7-17(14)24-12-15/h6-7,10-11,13H,2-5,8-9,12H2,1H3. The highest BCUT2D eigenvalue weighted by atomic mass is 35.5. The van der Waals surface area contributed by atoms with Crippen molar-refractivity contribution in [1.29, 1.82) is 0 Å². The van der Waals surface area contributed by atoms with Gasteiger partial charge in [-0.2, -0.15) is 0 Å². The molecule has 1 unspecified atom stereocenters. The van der Waals surface area contributed by atoms with E-state index in [9.17, 15) is 9.59 Å². The number of hydrogen-bond donors (Lipinski definition) is 0. The summed E-state index contributed by atoms with van der Waals surface area (Å²) >= 11 is 5.98. The van der Waals surface area contributed by atoms with E-state index in [0.717, 1.165) is 44.3 Å². The van der Waals surface area contributed by atoms with Crippen LogP contribution in [-0.4, -0.2) is 42.6 Å². The van der Waals surface area contributed by atoms with Gasteiger partial charge in [-0.05, 0) is 44.0 Å². The highest BCUT2D eigenvalue weighted by Crippen LogP contribution is 2.29. The first-order valence-corrected chi connectivity index (χ1v) is 9.05. The lowest BCUT2D eigenvalue weighted by atomic mass is 10.1. The van der Waals surface area contributed by atoms with Gasteiger partial charge in [-0.25, -0.2) is 4.79 Å². The van der Waals surface area contributed by atoms with E-state index >= 15 is 0 Å².